The molecule has 0 aliphatic carbocycles. The maximum absolute atomic E-state index is 15.4. The summed E-state index contributed by atoms with van der Waals surface area (Å²) in [6.45, 7) is 6.75. The van der Waals surface area contributed by atoms with Crippen LogP contribution in [0, 0.1) is 6.92 Å². The molecule has 3 aromatic heterocycles. The second-order valence-corrected chi connectivity index (χ2v) is 16.1. The molecule has 3 amide bonds. The van der Waals surface area contributed by atoms with E-state index in [4.69, 9.17) is 9.47 Å². The van der Waals surface area contributed by atoms with Gasteiger partial charge in [-0.1, -0.05) is 24.3 Å². The van der Waals surface area contributed by atoms with Crippen LogP contribution in [0.3, 0.4) is 0 Å². The number of carbonyl (C=O) groups is 3. The summed E-state index contributed by atoms with van der Waals surface area (Å²) in [5, 5.41) is 10.6. The van der Waals surface area contributed by atoms with Gasteiger partial charge >= 0.3 is 6.09 Å². The van der Waals surface area contributed by atoms with Crippen LogP contribution in [-0.2, 0) is 44.8 Å². The summed E-state index contributed by atoms with van der Waals surface area (Å²) in [6.07, 6.45) is 4.34. The molecular formula is C47H49N7O6. The van der Waals surface area contributed by atoms with Gasteiger partial charge in [0.15, 0.2) is 0 Å². The van der Waals surface area contributed by atoms with E-state index < -0.39 is 6.09 Å². The molecule has 0 spiro atoms. The Morgan fingerprint density at radius 3 is 2.43 bits per heavy atom. The first-order valence-electron chi connectivity index (χ1n) is 20.5. The summed E-state index contributed by atoms with van der Waals surface area (Å²) in [5.74, 6) is 0.255. The number of phenols is 1. The molecule has 0 bridgehead atoms. The van der Waals surface area contributed by atoms with Gasteiger partial charge in [-0.25, -0.2) is 9.78 Å². The van der Waals surface area contributed by atoms with E-state index in [0.29, 0.717) is 55.3 Å². The Morgan fingerprint density at radius 2 is 1.65 bits per heavy atom. The lowest BCUT2D eigenvalue weighted by atomic mass is 9.89. The molecule has 308 valence electrons. The number of aromatic hydroxyl groups is 1. The van der Waals surface area contributed by atoms with Crippen molar-refractivity contribution >= 4 is 34.6 Å². The van der Waals surface area contributed by atoms with Crippen molar-refractivity contribution in [1.82, 2.24) is 28.8 Å². The summed E-state index contributed by atoms with van der Waals surface area (Å²) in [7, 11) is 5.54. The Kier molecular flexibility index (Phi) is 10.4. The van der Waals surface area contributed by atoms with Gasteiger partial charge in [-0.05, 0) is 90.6 Å². The van der Waals surface area contributed by atoms with Gasteiger partial charge in [0.25, 0.3) is 11.8 Å². The fraction of sp³-hybridized carbons (Fsp3) is 0.319. The van der Waals surface area contributed by atoms with E-state index in [2.05, 4.69) is 34.1 Å². The van der Waals surface area contributed by atoms with E-state index in [1.165, 1.54) is 5.56 Å². The van der Waals surface area contributed by atoms with Crippen LogP contribution in [0.1, 0.15) is 48.7 Å². The van der Waals surface area contributed by atoms with E-state index >= 15 is 4.79 Å². The molecule has 13 heteroatoms. The van der Waals surface area contributed by atoms with Crippen LogP contribution in [-0.4, -0.2) is 104 Å². The van der Waals surface area contributed by atoms with Crippen molar-refractivity contribution < 1.29 is 29.0 Å². The predicted molar refractivity (Wildman–Crippen MR) is 228 cm³/mol. The number of aryl methyl sites for hydroxylation is 1. The molecular weight excluding hydrogens is 759 g/mol. The van der Waals surface area contributed by atoms with Crippen LogP contribution in [0.25, 0.3) is 22.3 Å². The first-order valence-corrected chi connectivity index (χ1v) is 20.5. The first-order chi connectivity index (χ1) is 29.0. The molecule has 13 nitrogen and oxygen atoms in total. The number of phenolic OH excluding ortho intramolecular Hbond substituents is 1. The van der Waals surface area contributed by atoms with Gasteiger partial charge in [-0.2, -0.15) is 0 Å². The number of ether oxygens (including phenoxy) is 2. The monoisotopic (exact) mass is 807 g/mol. The highest BCUT2D eigenvalue weighted by Crippen LogP contribution is 2.36. The Hall–Kier alpha value is -6.44. The van der Waals surface area contributed by atoms with Crippen molar-refractivity contribution in [1.29, 1.82) is 0 Å². The molecule has 1 N–H and O–H groups in total. The first kappa shape index (κ1) is 39.0. The second-order valence-electron chi connectivity index (χ2n) is 16.1. The average Bonchev–Trinajstić information content (AvgIpc) is 3.80. The molecule has 6 aromatic rings. The third-order valence-corrected chi connectivity index (χ3v) is 12.5. The summed E-state index contributed by atoms with van der Waals surface area (Å²) in [6, 6.07) is 24.3. The standard InChI is InChI=1S/C47H49N7O6/c1-30-39(45(56)51(4)35-9-11-37(55)12-10-35)26-42(50(30)3)40-24-32-14-18-53(47(58)60-43-13-16-48-44-38(43)15-17-49(44)2)27-34(32)25-41(40)46(57)54-28-33-8-6-5-7-31(33)23-36(54)29-52-19-21-59-22-20-52/h5-13,15-17,24-26,36,55H,14,18-23,27-29H2,1-4H3/t36-/m0/s1. The zero-order valence-electron chi connectivity index (χ0n) is 34.4. The maximum Gasteiger partial charge on any atom is 0.415 e. The van der Waals surface area contributed by atoms with E-state index in [0.717, 1.165) is 70.7 Å². The lowest BCUT2D eigenvalue weighted by Crippen LogP contribution is -2.52. The van der Waals surface area contributed by atoms with Gasteiger partial charge in [0, 0.05) is 113 Å². The van der Waals surface area contributed by atoms with Crippen molar-refractivity contribution in [2.24, 2.45) is 14.1 Å². The topological polar surface area (TPSA) is 126 Å². The lowest BCUT2D eigenvalue weighted by molar-refractivity contribution is 0.0193. The molecule has 0 radical (unpaired) electrons. The SMILES string of the molecule is Cc1c(C(=O)N(C)c2ccc(O)cc2)cc(-c2cc3c(cc2C(=O)N2Cc4ccccc4C[C@H]2CN2CCOCC2)CN(C(=O)Oc2ccnc4c2ccn4C)CC3)n1C. The summed E-state index contributed by atoms with van der Waals surface area (Å²) < 4.78 is 15.5. The minimum Gasteiger partial charge on any atom is -0.508 e. The van der Waals surface area contributed by atoms with Gasteiger partial charge in [0.1, 0.15) is 17.1 Å². The van der Waals surface area contributed by atoms with Crippen molar-refractivity contribution in [3.05, 3.63) is 130 Å². The van der Waals surface area contributed by atoms with Crippen LogP contribution >= 0.6 is 0 Å². The zero-order valence-corrected chi connectivity index (χ0v) is 34.4. The predicted octanol–water partition coefficient (Wildman–Crippen LogP) is 6.33. The van der Waals surface area contributed by atoms with E-state index in [9.17, 15) is 14.7 Å². The van der Waals surface area contributed by atoms with Gasteiger partial charge in [0.2, 0.25) is 0 Å². The van der Waals surface area contributed by atoms with Crippen LogP contribution in [0.5, 0.6) is 11.5 Å². The number of morpholine rings is 1. The second kappa shape index (κ2) is 16.0. The Balaban J connectivity index is 1.10. The fourth-order valence-electron chi connectivity index (χ4n) is 8.91. The van der Waals surface area contributed by atoms with Crippen LogP contribution < -0.4 is 9.64 Å². The van der Waals surface area contributed by atoms with Crippen molar-refractivity contribution in [2.45, 2.75) is 38.9 Å². The number of hydrogen-bond donors (Lipinski definition) is 1. The number of anilines is 1. The molecule has 3 aromatic carbocycles. The van der Waals surface area contributed by atoms with Gasteiger partial charge in [0.05, 0.1) is 24.2 Å². The highest BCUT2D eigenvalue weighted by Gasteiger charge is 2.35. The maximum atomic E-state index is 15.4. The van der Waals surface area contributed by atoms with Crippen LogP contribution in [0.2, 0.25) is 0 Å². The number of pyridine rings is 1. The molecule has 3 aliphatic heterocycles. The lowest BCUT2D eigenvalue weighted by Gasteiger charge is -2.41. The summed E-state index contributed by atoms with van der Waals surface area (Å²) in [5.41, 5.74) is 8.91. The molecule has 9 rings (SSSR count). The number of aromatic nitrogens is 3. The number of carbonyl (C=O) groups excluding carboxylic acids is 3. The third-order valence-electron chi connectivity index (χ3n) is 12.5. The fourth-order valence-corrected chi connectivity index (χ4v) is 8.91. The Morgan fingerprint density at radius 1 is 0.883 bits per heavy atom. The minimum absolute atomic E-state index is 0.0812. The summed E-state index contributed by atoms with van der Waals surface area (Å²) in [4.78, 5) is 55.4. The number of amides is 3. The van der Waals surface area contributed by atoms with Gasteiger partial charge in [-0.15, -0.1) is 0 Å². The number of nitrogens with zero attached hydrogens (tertiary/aromatic N) is 7. The Bertz CT molecular complexity index is 2620. The molecule has 6 heterocycles. The smallest absolute Gasteiger partial charge is 0.415 e. The quantitative estimate of drug-likeness (QED) is 0.199. The summed E-state index contributed by atoms with van der Waals surface area (Å²) >= 11 is 0. The van der Waals surface area contributed by atoms with Crippen LogP contribution in [0.4, 0.5) is 10.5 Å². The minimum atomic E-state index is -0.467. The van der Waals surface area contributed by atoms with Gasteiger partial charge in [-0.3, -0.25) is 14.5 Å². The number of hydrogen-bond acceptors (Lipinski definition) is 8. The van der Waals surface area contributed by atoms with Crippen molar-refractivity contribution in [3.8, 4) is 22.8 Å². The number of benzene rings is 3. The zero-order chi connectivity index (χ0) is 41.7. The largest absolute Gasteiger partial charge is 0.508 e. The van der Waals surface area contributed by atoms with E-state index in [-0.39, 0.29) is 30.2 Å². The molecule has 1 saturated heterocycles. The number of fused-ring (bicyclic) bond motifs is 3. The van der Waals surface area contributed by atoms with Crippen LogP contribution in [0.15, 0.2) is 91.3 Å². The highest BCUT2D eigenvalue weighted by molar-refractivity contribution is 6.08. The molecule has 0 saturated carbocycles. The van der Waals surface area contributed by atoms with Crippen molar-refractivity contribution in [2.75, 3.05) is 51.3 Å². The Labute approximate surface area is 348 Å². The third kappa shape index (κ3) is 7.28. The average molecular weight is 808 g/mol. The van der Waals surface area contributed by atoms with E-state index in [1.54, 1.807) is 53.4 Å². The molecule has 60 heavy (non-hydrogen) atoms. The molecule has 3 aliphatic rings. The molecule has 1 atom stereocenters. The molecule has 1 fully saturated rings. The van der Waals surface area contributed by atoms with Gasteiger partial charge < -0.3 is 38.4 Å². The normalized spacial score (nSPS) is 16.7. The van der Waals surface area contributed by atoms with Crippen molar-refractivity contribution in [3.63, 3.8) is 0 Å². The highest BCUT2D eigenvalue weighted by atomic mass is 16.6. The number of rotatable bonds is 7. The molecule has 0 unspecified atom stereocenters. The van der Waals surface area contributed by atoms with E-state index in [1.807, 2.05) is 65.5 Å².